The van der Waals surface area contributed by atoms with Crippen LogP contribution in [-0.4, -0.2) is 98.2 Å². The van der Waals surface area contributed by atoms with Crippen LogP contribution in [0.15, 0.2) is 12.1 Å². The van der Waals surface area contributed by atoms with Gasteiger partial charge in [-0.05, 0) is 72.2 Å². The fourth-order valence-electron chi connectivity index (χ4n) is 8.75. The number of likely N-dealkylation sites (N-methyl/N-ethyl adjacent to an activating group) is 1. The van der Waals surface area contributed by atoms with E-state index in [1.165, 1.54) is 19.0 Å². The number of ketones is 4. The van der Waals surface area contributed by atoms with Crippen molar-refractivity contribution in [2.45, 2.75) is 88.2 Å². The van der Waals surface area contributed by atoms with Gasteiger partial charge in [-0.15, -0.1) is 0 Å². The van der Waals surface area contributed by atoms with E-state index in [1.807, 2.05) is 0 Å². The average Bonchev–Trinajstić information content (AvgIpc) is 2.85. The zero-order valence-electron chi connectivity index (χ0n) is 25.6. The van der Waals surface area contributed by atoms with Crippen molar-refractivity contribution >= 4 is 34.7 Å². The van der Waals surface area contributed by atoms with Crippen molar-refractivity contribution in [3.8, 4) is 5.75 Å². The molecule has 0 spiro atoms. The maximum absolute atomic E-state index is 14.1. The van der Waals surface area contributed by atoms with Crippen LogP contribution in [0.2, 0.25) is 0 Å². The SMILES string of the molecule is CC1c2ccc(NC3CC(C)(C)NC(C)(C)C3)c(O)c2C(=O)C2C(=O)C3(O)C(=O)C(C(N)=O)C(=O)C(N(C)C)C3C(O)C21. The van der Waals surface area contributed by atoms with E-state index in [0.29, 0.717) is 11.3 Å². The van der Waals surface area contributed by atoms with Crippen LogP contribution >= 0.6 is 0 Å². The lowest BCUT2D eigenvalue weighted by Crippen LogP contribution is -2.77. The zero-order chi connectivity index (χ0) is 32.1. The maximum atomic E-state index is 14.1. The van der Waals surface area contributed by atoms with Crippen LogP contribution in [0.1, 0.15) is 69.3 Å². The number of nitrogens with zero attached hydrogens (tertiary/aromatic N) is 1. The Labute approximate surface area is 250 Å². The third-order valence-electron chi connectivity index (χ3n) is 10.0. The van der Waals surface area contributed by atoms with Gasteiger partial charge in [-0.2, -0.15) is 0 Å². The highest BCUT2D eigenvalue weighted by molar-refractivity contribution is 6.32. The number of aliphatic hydroxyl groups is 2. The van der Waals surface area contributed by atoms with E-state index in [2.05, 4.69) is 38.3 Å². The van der Waals surface area contributed by atoms with Gasteiger partial charge < -0.3 is 31.7 Å². The summed E-state index contributed by atoms with van der Waals surface area (Å²) in [7, 11) is 2.92. The van der Waals surface area contributed by atoms with Crippen molar-refractivity contribution in [1.82, 2.24) is 10.2 Å². The summed E-state index contributed by atoms with van der Waals surface area (Å²) < 4.78 is 0. The van der Waals surface area contributed by atoms with Crippen molar-refractivity contribution in [2.24, 2.45) is 29.4 Å². The van der Waals surface area contributed by atoms with E-state index in [4.69, 9.17) is 5.73 Å². The van der Waals surface area contributed by atoms with Gasteiger partial charge in [0.1, 0.15) is 5.75 Å². The van der Waals surface area contributed by atoms with E-state index in [9.17, 15) is 39.3 Å². The predicted octanol–water partition coefficient (Wildman–Crippen LogP) is 0.120. The Hall–Kier alpha value is -3.19. The molecule has 0 bridgehead atoms. The zero-order valence-corrected chi connectivity index (χ0v) is 25.6. The molecular formula is C31H42N4O8. The summed E-state index contributed by atoms with van der Waals surface area (Å²) in [6.07, 6.45) is -0.195. The van der Waals surface area contributed by atoms with Crippen molar-refractivity contribution in [1.29, 1.82) is 0 Å². The molecule has 1 aromatic rings. The Morgan fingerprint density at radius 1 is 1.05 bits per heavy atom. The summed E-state index contributed by atoms with van der Waals surface area (Å²) >= 11 is 0. The Kier molecular flexibility index (Phi) is 7.20. The first-order valence-corrected chi connectivity index (χ1v) is 14.7. The number of primary amides is 1. The fraction of sp³-hybridized carbons (Fsp3) is 0.645. The molecule has 4 aliphatic rings. The third kappa shape index (κ3) is 4.52. The molecular weight excluding hydrogens is 556 g/mol. The molecule has 1 aliphatic heterocycles. The van der Waals surface area contributed by atoms with Crippen LogP contribution in [0.4, 0.5) is 5.69 Å². The van der Waals surface area contributed by atoms with Gasteiger partial charge in [0.25, 0.3) is 0 Å². The minimum Gasteiger partial charge on any atom is -0.505 e. The number of rotatable bonds is 4. The third-order valence-corrected chi connectivity index (χ3v) is 10.0. The highest BCUT2D eigenvalue weighted by Crippen LogP contribution is 2.55. The molecule has 2 saturated carbocycles. The van der Waals surface area contributed by atoms with Crippen molar-refractivity contribution < 1.29 is 39.3 Å². The molecule has 1 amide bonds. The Balaban J connectivity index is 1.59. The summed E-state index contributed by atoms with van der Waals surface area (Å²) in [4.78, 5) is 68.6. The number of carbonyl (C=O) groups is 5. The first-order valence-electron chi connectivity index (χ1n) is 14.7. The van der Waals surface area contributed by atoms with Gasteiger partial charge in [0.15, 0.2) is 34.7 Å². The van der Waals surface area contributed by atoms with Gasteiger partial charge in [0.2, 0.25) is 5.91 Å². The monoisotopic (exact) mass is 598 g/mol. The quantitative estimate of drug-likeness (QED) is 0.203. The standard InChI is InChI=1S/C31H42N4O8/c1-12-14-8-9-15(33-13-10-29(2,3)34-30(4,5)11-13)22(36)17(14)23(37)18-16(12)24(38)20-21(35(6)7)25(39)19(28(32)42)27(41)31(20,43)26(18)40/h8-9,12-13,16,18-21,24,33-34,36,38,43H,10-11H2,1-7H3,(H2,32,42). The number of carbonyl (C=O) groups excluding carboxylic acids is 5. The summed E-state index contributed by atoms with van der Waals surface area (Å²) in [6, 6.07) is 1.89. The average molecular weight is 599 g/mol. The Morgan fingerprint density at radius 2 is 1.63 bits per heavy atom. The number of hydrogen-bond donors (Lipinski definition) is 6. The second-order valence-electron chi connectivity index (χ2n) is 14.4. The van der Waals surface area contributed by atoms with Crippen LogP contribution in [0.5, 0.6) is 5.75 Å². The number of fused-ring (bicyclic) bond motifs is 3. The molecule has 0 aromatic heterocycles. The van der Waals surface area contributed by atoms with Crippen LogP contribution in [0.3, 0.4) is 0 Å². The topological polar surface area (TPSA) is 199 Å². The largest absolute Gasteiger partial charge is 0.505 e. The highest BCUT2D eigenvalue weighted by atomic mass is 16.3. The van der Waals surface area contributed by atoms with Crippen LogP contribution in [0.25, 0.3) is 0 Å². The van der Waals surface area contributed by atoms with Crippen LogP contribution in [-0.2, 0) is 19.2 Å². The van der Waals surface area contributed by atoms with Crippen LogP contribution < -0.4 is 16.4 Å². The van der Waals surface area contributed by atoms with E-state index < -0.39 is 76.4 Å². The first-order chi connectivity index (χ1) is 19.7. The highest BCUT2D eigenvalue weighted by Gasteiger charge is 2.73. The number of anilines is 1. The number of aliphatic hydroxyl groups excluding tert-OH is 1. The second kappa shape index (κ2) is 9.91. The molecule has 5 rings (SSSR count). The molecule has 1 heterocycles. The Morgan fingerprint density at radius 3 is 2.16 bits per heavy atom. The minimum absolute atomic E-state index is 0.0511. The molecule has 234 valence electrons. The molecule has 8 unspecified atom stereocenters. The van der Waals surface area contributed by atoms with Gasteiger partial charge in [0.05, 0.1) is 35.2 Å². The minimum atomic E-state index is -3.02. The van der Waals surface area contributed by atoms with Gasteiger partial charge in [-0.3, -0.25) is 28.9 Å². The molecule has 7 N–H and O–H groups in total. The van der Waals surface area contributed by atoms with Crippen molar-refractivity contribution in [3.05, 3.63) is 23.3 Å². The second-order valence-corrected chi connectivity index (χ2v) is 14.4. The van der Waals surface area contributed by atoms with E-state index in [0.717, 1.165) is 12.8 Å². The molecule has 3 aliphatic carbocycles. The normalized spacial score (nSPS) is 37.0. The molecule has 1 saturated heterocycles. The number of hydrogen-bond acceptors (Lipinski definition) is 11. The van der Waals surface area contributed by atoms with Crippen molar-refractivity contribution in [3.63, 3.8) is 0 Å². The lowest BCUT2D eigenvalue weighted by atomic mass is 9.49. The number of nitrogens with one attached hydrogen (secondary N) is 2. The van der Waals surface area contributed by atoms with Gasteiger partial charge in [0, 0.05) is 23.0 Å². The number of phenolic OH excluding ortho intramolecular Hbond substituents is 1. The molecule has 12 heteroatoms. The lowest BCUT2D eigenvalue weighted by Gasteiger charge is -2.56. The fourth-order valence-corrected chi connectivity index (χ4v) is 8.75. The molecule has 1 aromatic carbocycles. The first kappa shape index (κ1) is 31.2. The molecule has 0 radical (unpaired) electrons. The van der Waals surface area contributed by atoms with E-state index in [1.54, 1.807) is 19.1 Å². The van der Waals surface area contributed by atoms with E-state index >= 15 is 0 Å². The van der Waals surface area contributed by atoms with Gasteiger partial charge in [-0.25, -0.2) is 0 Å². The summed E-state index contributed by atoms with van der Waals surface area (Å²) in [5.74, 6) is -13.3. The number of benzene rings is 1. The van der Waals surface area contributed by atoms with Crippen molar-refractivity contribution in [2.75, 3.05) is 19.4 Å². The molecule has 12 nitrogen and oxygen atoms in total. The number of piperidine rings is 1. The summed E-state index contributed by atoms with van der Waals surface area (Å²) in [5, 5.41) is 41.9. The maximum Gasteiger partial charge on any atom is 0.235 e. The molecule has 3 fully saturated rings. The number of amides is 1. The van der Waals surface area contributed by atoms with E-state index in [-0.39, 0.29) is 28.4 Å². The predicted molar refractivity (Wildman–Crippen MR) is 155 cm³/mol. The summed E-state index contributed by atoms with van der Waals surface area (Å²) in [5.41, 5.74) is 2.54. The Bertz CT molecular complexity index is 1420. The van der Waals surface area contributed by atoms with Gasteiger partial charge in [-0.1, -0.05) is 13.0 Å². The number of phenols is 1. The summed E-state index contributed by atoms with van der Waals surface area (Å²) in [6.45, 7) is 10.0. The molecule has 43 heavy (non-hydrogen) atoms. The lowest BCUT2D eigenvalue weighted by molar-refractivity contribution is -0.196. The number of nitrogens with two attached hydrogens (primary N) is 1. The smallest absolute Gasteiger partial charge is 0.235 e. The van der Waals surface area contributed by atoms with Crippen LogP contribution in [0, 0.1) is 23.7 Å². The number of Topliss-reactive ketones (excluding diaryl/α,β-unsaturated/α-hetero) is 4. The van der Waals surface area contributed by atoms with Gasteiger partial charge >= 0.3 is 0 Å². The molecule has 8 atom stereocenters. The number of aromatic hydroxyl groups is 1.